The predicted octanol–water partition coefficient (Wildman–Crippen LogP) is 1.04. The first-order valence-corrected chi connectivity index (χ1v) is 6.39. The van der Waals surface area contributed by atoms with Crippen LogP contribution in [-0.4, -0.2) is 31.3 Å². The average Bonchev–Trinajstić information content (AvgIpc) is 2.87. The third-order valence-corrected chi connectivity index (χ3v) is 2.90. The maximum absolute atomic E-state index is 11.8. The van der Waals surface area contributed by atoms with E-state index in [1.54, 1.807) is 38.4 Å². The number of hydrogen-bond acceptors (Lipinski definition) is 6. The number of carbonyl (C=O) groups is 1. The van der Waals surface area contributed by atoms with Gasteiger partial charge in [0.1, 0.15) is 6.54 Å². The molecule has 0 fully saturated rings. The van der Waals surface area contributed by atoms with Gasteiger partial charge in [-0.25, -0.2) is 5.43 Å². The van der Waals surface area contributed by atoms with Crippen molar-refractivity contribution in [3.8, 4) is 0 Å². The molecule has 0 aliphatic carbocycles. The van der Waals surface area contributed by atoms with Crippen LogP contribution >= 0.6 is 0 Å². The molecule has 2 rings (SSSR count). The Labute approximate surface area is 125 Å². The van der Waals surface area contributed by atoms with E-state index in [0.717, 1.165) is 5.56 Å². The molecule has 0 bridgehead atoms. The monoisotopic (exact) mass is 302 g/mol. The number of nitrogens with one attached hydrogen (secondary N) is 1. The fraction of sp³-hybridized carbons (Fsp3) is 0.231. The van der Waals surface area contributed by atoms with Crippen molar-refractivity contribution in [3.05, 3.63) is 52.0 Å². The van der Waals surface area contributed by atoms with Gasteiger partial charge >= 0.3 is 5.82 Å². The van der Waals surface area contributed by atoms with E-state index in [4.69, 9.17) is 0 Å². The van der Waals surface area contributed by atoms with Gasteiger partial charge in [0, 0.05) is 18.0 Å². The zero-order valence-electron chi connectivity index (χ0n) is 12.1. The number of rotatable bonds is 5. The summed E-state index contributed by atoms with van der Waals surface area (Å²) in [4.78, 5) is 25.7. The zero-order chi connectivity index (χ0) is 16.1. The van der Waals surface area contributed by atoms with E-state index < -0.39 is 10.8 Å². The molecule has 0 aromatic carbocycles. The molecule has 0 spiro atoms. The van der Waals surface area contributed by atoms with Gasteiger partial charge in [-0.3, -0.25) is 9.78 Å². The SMILES string of the molecule is CC(=NNC(=O)Cn1nc([N+](=O)[O-])cc1C)c1ccncc1. The van der Waals surface area contributed by atoms with Gasteiger partial charge in [-0.15, -0.1) is 0 Å². The molecule has 0 saturated heterocycles. The van der Waals surface area contributed by atoms with Gasteiger partial charge in [-0.2, -0.15) is 9.78 Å². The Morgan fingerprint density at radius 1 is 1.45 bits per heavy atom. The quantitative estimate of drug-likeness (QED) is 0.503. The summed E-state index contributed by atoms with van der Waals surface area (Å²) in [6.45, 7) is 3.24. The first-order chi connectivity index (χ1) is 10.5. The molecule has 1 N–H and O–H groups in total. The number of nitro groups is 1. The van der Waals surface area contributed by atoms with Crippen LogP contribution in [0.15, 0.2) is 35.7 Å². The Bertz CT molecular complexity index is 723. The third-order valence-electron chi connectivity index (χ3n) is 2.90. The van der Waals surface area contributed by atoms with Gasteiger partial charge in [-0.1, -0.05) is 0 Å². The molecular weight excluding hydrogens is 288 g/mol. The van der Waals surface area contributed by atoms with E-state index in [0.29, 0.717) is 11.4 Å². The number of aryl methyl sites for hydroxylation is 1. The van der Waals surface area contributed by atoms with Crippen LogP contribution < -0.4 is 5.43 Å². The summed E-state index contributed by atoms with van der Waals surface area (Å²) in [6, 6.07) is 4.84. The molecular formula is C13H14N6O3. The normalized spacial score (nSPS) is 11.3. The minimum atomic E-state index is -0.604. The number of carbonyl (C=O) groups excluding carboxylic acids is 1. The van der Waals surface area contributed by atoms with Crippen molar-refractivity contribution in [1.29, 1.82) is 0 Å². The van der Waals surface area contributed by atoms with E-state index in [1.807, 2.05) is 0 Å². The summed E-state index contributed by atoms with van der Waals surface area (Å²) >= 11 is 0. The smallest absolute Gasteiger partial charge is 0.358 e. The van der Waals surface area contributed by atoms with E-state index in [1.165, 1.54) is 10.7 Å². The average molecular weight is 302 g/mol. The highest BCUT2D eigenvalue weighted by Gasteiger charge is 2.17. The summed E-state index contributed by atoms with van der Waals surface area (Å²) in [7, 11) is 0. The van der Waals surface area contributed by atoms with E-state index in [2.05, 4.69) is 20.6 Å². The minimum absolute atomic E-state index is 0.146. The van der Waals surface area contributed by atoms with E-state index in [-0.39, 0.29) is 12.4 Å². The van der Waals surface area contributed by atoms with E-state index in [9.17, 15) is 14.9 Å². The van der Waals surface area contributed by atoms with Crippen molar-refractivity contribution < 1.29 is 9.72 Å². The van der Waals surface area contributed by atoms with Crippen LogP contribution in [0.25, 0.3) is 0 Å². The molecule has 9 nitrogen and oxygen atoms in total. The van der Waals surface area contributed by atoms with Crippen LogP contribution in [0.4, 0.5) is 5.82 Å². The summed E-state index contributed by atoms with van der Waals surface area (Å²) in [5.41, 5.74) is 4.38. The number of hydrazone groups is 1. The van der Waals surface area contributed by atoms with Crippen molar-refractivity contribution in [1.82, 2.24) is 20.2 Å². The molecule has 0 aliphatic heterocycles. The topological polar surface area (TPSA) is 115 Å². The lowest BCUT2D eigenvalue weighted by Gasteiger charge is -2.02. The highest BCUT2D eigenvalue weighted by Crippen LogP contribution is 2.10. The molecule has 0 radical (unpaired) electrons. The summed E-state index contributed by atoms with van der Waals surface area (Å²) in [5.74, 6) is -0.712. The molecule has 9 heteroatoms. The molecule has 0 saturated carbocycles. The second-order valence-electron chi connectivity index (χ2n) is 4.53. The highest BCUT2D eigenvalue weighted by atomic mass is 16.6. The highest BCUT2D eigenvalue weighted by molar-refractivity contribution is 5.99. The number of amides is 1. The van der Waals surface area contributed by atoms with Crippen molar-refractivity contribution in [2.45, 2.75) is 20.4 Å². The second kappa shape index (κ2) is 6.57. The van der Waals surface area contributed by atoms with Crippen LogP contribution in [0.2, 0.25) is 0 Å². The van der Waals surface area contributed by atoms with Gasteiger partial charge < -0.3 is 10.1 Å². The molecule has 2 heterocycles. The van der Waals surface area contributed by atoms with Crippen LogP contribution in [0.3, 0.4) is 0 Å². The lowest BCUT2D eigenvalue weighted by molar-refractivity contribution is -0.389. The van der Waals surface area contributed by atoms with Crippen molar-refractivity contribution in [2.24, 2.45) is 5.10 Å². The fourth-order valence-electron chi connectivity index (χ4n) is 1.72. The summed E-state index contributed by atoms with van der Waals surface area (Å²) in [5, 5.41) is 18.3. The molecule has 22 heavy (non-hydrogen) atoms. The maximum atomic E-state index is 11.8. The van der Waals surface area contributed by atoms with Crippen molar-refractivity contribution >= 4 is 17.4 Å². The Morgan fingerprint density at radius 3 is 2.73 bits per heavy atom. The van der Waals surface area contributed by atoms with Gasteiger partial charge in [0.15, 0.2) is 0 Å². The third kappa shape index (κ3) is 3.72. The predicted molar refractivity (Wildman–Crippen MR) is 78.2 cm³/mol. The number of pyridine rings is 1. The Hall–Kier alpha value is -3.10. The lowest BCUT2D eigenvalue weighted by Crippen LogP contribution is -2.25. The van der Waals surface area contributed by atoms with E-state index >= 15 is 0 Å². The van der Waals surface area contributed by atoms with Crippen LogP contribution in [0, 0.1) is 17.0 Å². The standard InChI is InChI=1S/C13H14N6O3/c1-9-7-12(19(21)22)17-18(9)8-13(20)16-15-10(2)11-3-5-14-6-4-11/h3-7H,8H2,1-2H3,(H,16,20). The Kier molecular flexibility index (Phi) is 4.57. The molecule has 2 aromatic heterocycles. The van der Waals surface area contributed by atoms with Crippen molar-refractivity contribution in [3.63, 3.8) is 0 Å². The van der Waals surface area contributed by atoms with Gasteiger partial charge in [0.25, 0.3) is 5.91 Å². The molecule has 1 amide bonds. The summed E-state index contributed by atoms with van der Waals surface area (Å²) < 4.78 is 1.25. The van der Waals surface area contributed by atoms with Crippen LogP contribution in [0.5, 0.6) is 0 Å². The first kappa shape index (κ1) is 15.3. The fourth-order valence-corrected chi connectivity index (χ4v) is 1.72. The van der Waals surface area contributed by atoms with Crippen LogP contribution in [0.1, 0.15) is 18.2 Å². The van der Waals surface area contributed by atoms with Gasteiger partial charge in [0.05, 0.1) is 22.6 Å². The summed E-state index contributed by atoms with van der Waals surface area (Å²) in [6.07, 6.45) is 3.25. The largest absolute Gasteiger partial charge is 0.390 e. The Morgan fingerprint density at radius 2 is 2.14 bits per heavy atom. The van der Waals surface area contributed by atoms with Gasteiger partial charge in [-0.05, 0) is 30.9 Å². The van der Waals surface area contributed by atoms with Crippen molar-refractivity contribution in [2.75, 3.05) is 0 Å². The number of aromatic nitrogens is 3. The first-order valence-electron chi connectivity index (χ1n) is 6.39. The van der Waals surface area contributed by atoms with Crippen LogP contribution in [-0.2, 0) is 11.3 Å². The molecule has 0 aliphatic rings. The molecule has 0 unspecified atom stereocenters. The lowest BCUT2D eigenvalue weighted by atomic mass is 10.2. The van der Waals surface area contributed by atoms with Gasteiger partial charge in [0.2, 0.25) is 0 Å². The maximum Gasteiger partial charge on any atom is 0.390 e. The zero-order valence-corrected chi connectivity index (χ0v) is 12.1. The number of nitrogens with zero attached hydrogens (tertiary/aromatic N) is 5. The molecule has 0 atom stereocenters. The molecule has 2 aromatic rings. The second-order valence-corrected chi connectivity index (χ2v) is 4.53. The Balaban J connectivity index is 2.00. The molecule has 114 valence electrons. The minimum Gasteiger partial charge on any atom is -0.358 e. The number of hydrogen-bond donors (Lipinski definition) is 1.